The highest BCUT2D eigenvalue weighted by Crippen LogP contribution is 2.29. The van der Waals surface area contributed by atoms with Crippen molar-refractivity contribution in [2.75, 3.05) is 0 Å². The first-order chi connectivity index (χ1) is 8.49. The van der Waals surface area contributed by atoms with Gasteiger partial charge in [0.05, 0.1) is 11.0 Å². The second-order valence-electron chi connectivity index (χ2n) is 4.70. The van der Waals surface area contributed by atoms with Crippen LogP contribution in [0.25, 0.3) is 0 Å². The molecule has 3 nitrogen and oxygen atoms in total. The number of benzene rings is 1. The standard InChI is InChI=1S/C13H17BrO3S/c1-10-6-8-11(9-7-10)18(15,16)17-13-5-3-2-4-12(13)14/h6-9,12-13H,2-5H2,1H3/t12-,13+/m1/s1. The molecule has 2 atom stereocenters. The molecule has 0 aliphatic heterocycles. The van der Waals surface area contributed by atoms with Gasteiger partial charge in [0.1, 0.15) is 0 Å². The summed E-state index contributed by atoms with van der Waals surface area (Å²) in [4.78, 5) is 0.366. The van der Waals surface area contributed by atoms with Gasteiger partial charge in [0.15, 0.2) is 0 Å². The van der Waals surface area contributed by atoms with Crippen LogP contribution in [0.1, 0.15) is 31.2 Å². The van der Waals surface area contributed by atoms with Gasteiger partial charge in [-0.3, -0.25) is 4.18 Å². The number of halogens is 1. The van der Waals surface area contributed by atoms with Crippen molar-refractivity contribution >= 4 is 26.0 Å². The fourth-order valence-electron chi connectivity index (χ4n) is 2.08. The molecule has 1 aliphatic carbocycles. The molecule has 1 saturated carbocycles. The van der Waals surface area contributed by atoms with Crippen LogP contribution >= 0.6 is 15.9 Å². The molecule has 0 N–H and O–H groups in total. The molecule has 0 unspecified atom stereocenters. The number of alkyl halides is 1. The normalized spacial score (nSPS) is 25.0. The maximum atomic E-state index is 12.1. The smallest absolute Gasteiger partial charge is 0.262 e. The van der Waals surface area contributed by atoms with Crippen molar-refractivity contribution in [1.29, 1.82) is 0 Å². The summed E-state index contributed by atoms with van der Waals surface area (Å²) < 4.78 is 29.6. The van der Waals surface area contributed by atoms with Gasteiger partial charge in [-0.1, -0.05) is 46.5 Å². The number of aryl methyl sites for hydroxylation is 1. The minimum absolute atomic E-state index is 0.131. The van der Waals surface area contributed by atoms with Crippen molar-refractivity contribution in [3.05, 3.63) is 29.8 Å². The SMILES string of the molecule is Cc1ccc(S(=O)(=O)O[C@H]2CCCC[C@H]2Br)cc1. The van der Waals surface area contributed by atoms with E-state index < -0.39 is 10.1 Å². The first kappa shape index (κ1) is 14.0. The third-order valence-electron chi connectivity index (χ3n) is 3.18. The van der Waals surface area contributed by atoms with Crippen molar-refractivity contribution in [2.24, 2.45) is 0 Å². The van der Waals surface area contributed by atoms with Gasteiger partial charge in [-0.15, -0.1) is 0 Å². The summed E-state index contributed by atoms with van der Waals surface area (Å²) in [5.74, 6) is 0. The Kier molecular flexibility index (Phi) is 4.45. The molecular weight excluding hydrogens is 316 g/mol. The molecule has 2 rings (SSSR count). The highest BCUT2D eigenvalue weighted by atomic mass is 79.9. The molecule has 1 fully saturated rings. The van der Waals surface area contributed by atoms with E-state index in [0.717, 1.165) is 31.2 Å². The molecule has 0 amide bonds. The lowest BCUT2D eigenvalue weighted by molar-refractivity contribution is 0.171. The fraction of sp³-hybridized carbons (Fsp3) is 0.538. The monoisotopic (exact) mass is 332 g/mol. The molecular formula is C13H17BrO3S. The summed E-state index contributed by atoms with van der Waals surface area (Å²) in [6, 6.07) is 6.75. The van der Waals surface area contributed by atoms with E-state index in [1.807, 2.05) is 6.92 Å². The van der Waals surface area contributed by atoms with Gasteiger partial charge in [-0.05, 0) is 31.9 Å². The molecule has 1 aromatic rings. The quantitative estimate of drug-likeness (QED) is 0.629. The van der Waals surface area contributed by atoms with Crippen LogP contribution in [-0.2, 0) is 14.3 Å². The Balaban J connectivity index is 2.13. The maximum absolute atomic E-state index is 12.1. The zero-order valence-electron chi connectivity index (χ0n) is 10.3. The van der Waals surface area contributed by atoms with Crippen molar-refractivity contribution < 1.29 is 12.6 Å². The second kappa shape index (κ2) is 5.72. The van der Waals surface area contributed by atoms with Crippen molar-refractivity contribution in [3.8, 4) is 0 Å². The molecule has 0 saturated heterocycles. The maximum Gasteiger partial charge on any atom is 0.297 e. The topological polar surface area (TPSA) is 43.4 Å². The van der Waals surface area contributed by atoms with Crippen LogP contribution in [-0.4, -0.2) is 19.3 Å². The Morgan fingerprint density at radius 1 is 1.17 bits per heavy atom. The fourth-order valence-corrected chi connectivity index (χ4v) is 4.06. The molecule has 0 heterocycles. The van der Waals surface area contributed by atoms with Crippen LogP contribution in [0.2, 0.25) is 0 Å². The van der Waals surface area contributed by atoms with Crippen LogP contribution in [0.4, 0.5) is 0 Å². The lowest BCUT2D eigenvalue weighted by Gasteiger charge is -2.26. The number of hydrogen-bond donors (Lipinski definition) is 0. The number of hydrogen-bond acceptors (Lipinski definition) is 3. The van der Waals surface area contributed by atoms with Gasteiger partial charge in [-0.25, -0.2) is 0 Å². The van der Waals surface area contributed by atoms with Gasteiger partial charge >= 0.3 is 0 Å². The predicted octanol–water partition coefficient (Wildman–Crippen LogP) is 3.41. The summed E-state index contributed by atoms with van der Waals surface area (Å²) >= 11 is 3.50. The molecule has 5 heteroatoms. The molecule has 1 aliphatic rings. The van der Waals surface area contributed by atoms with Crippen LogP contribution in [0.3, 0.4) is 0 Å². The highest BCUT2D eigenvalue weighted by Gasteiger charge is 2.29. The third-order valence-corrected chi connectivity index (χ3v) is 5.58. The minimum atomic E-state index is -3.64. The lowest BCUT2D eigenvalue weighted by Crippen LogP contribution is -2.30. The van der Waals surface area contributed by atoms with E-state index in [-0.39, 0.29) is 15.8 Å². The Morgan fingerprint density at radius 3 is 2.39 bits per heavy atom. The van der Waals surface area contributed by atoms with E-state index in [0.29, 0.717) is 0 Å². The van der Waals surface area contributed by atoms with E-state index in [4.69, 9.17) is 4.18 Å². The van der Waals surface area contributed by atoms with E-state index in [1.165, 1.54) is 0 Å². The average Bonchev–Trinajstić information content (AvgIpc) is 2.32. The van der Waals surface area contributed by atoms with Crippen LogP contribution in [0.5, 0.6) is 0 Å². The van der Waals surface area contributed by atoms with Gasteiger partial charge in [-0.2, -0.15) is 8.42 Å². The summed E-state index contributed by atoms with van der Waals surface area (Å²) in [5.41, 5.74) is 1.03. The lowest BCUT2D eigenvalue weighted by atomic mass is 9.98. The highest BCUT2D eigenvalue weighted by molar-refractivity contribution is 9.09. The van der Waals surface area contributed by atoms with E-state index in [1.54, 1.807) is 24.3 Å². The Bertz CT molecular complexity index is 495. The van der Waals surface area contributed by atoms with Crippen molar-refractivity contribution in [1.82, 2.24) is 0 Å². The summed E-state index contributed by atoms with van der Waals surface area (Å²) in [7, 11) is -3.64. The molecule has 0 radical (unpaired) electrons. The van der Waals surface area contributed by atoms with Crippen LogP contribution in [0, 0.1) is 6.92 Å². The van der Waals surface area contributed by atoms with Crippen molar-refractivity contribution in [2.45, 2.75) is 48.4 Å². The van der Waals surface area contributed by atoms with Crippen molar-refractivity contribution in [3.63, 3.8) is 0 Å². The minimum Gasteiger partial charge on any atom is -0.262 e. The first-order valence-corrected chi connectivity index (χ1v) is 8.45. The zero-order chi connectivity index (χ0) is 13.2. The largest absolute Gasteiger partial charge is 0.297 e. The van der Waals surface area contributed by atoms with Crippen LogP contribution in [0.15, 0.2) is 29.2 Å². The van der Waals surface area contributed by atoms with Crippen LogP contribution < -0.4 is 0 Å². The molecule has 0 aromatic heterocycles. The van der Waals surface area contributed by atoms with E-state index in [9.17, 15) is 8.42 Å². The molecule has 0 bridgehead atoms. The Morgan fingerprint density at radius 2 is 1.78 bits per heavy atom. The van der Waals surface area contributed by atoms with Gasteiger partial charge < -0.3 is 0 Å². The summed E-state index contributed by atoms with van der Waals surface area (Å²) in [5, 5.41) is 0. The summed E-state index contributed by atoms with van der Waals surface area (Å²) in [6.45, 7) is 1.92. The molecule has 0 spiro atoms. The summed E-state index contributed by atoms with van der Waals surface area (Å²) in [6.07, 6.45) is 3.66. The first-order valence-electron chi connectivity index (χ1n) is 6.13. The van der Waals surface area contributed by atoms with Gasteiger partial charge in [0.25, 0.3) is 10.1 Å². The second-order valence-corrected chi connectivity index (χ2v) is 7.45. The third kappa shape index (κ3) is 3.33. The zero-order valence-corrected chi connectivity index (χ0v) is 12.7. The predicted molar refractivity (Wildman–Crippen MR) is 74.4 cm³/mol. The molecule has 100 valence electrons. The van der Waals surface area contributed by atoms with E-state index in [2.05, 4.69) is 15.9 Å². The molecule has 18 heavy (non-hydrogen) atoms. The Labute approximate surface area is 117 Å². The molecule has 1 aromatic carbocycles. The Hall–Kier alpha value is -0.390. The average molecular weight is 333 g/mol. The van der Waals surface area contributed by atoms with Gasteiger partial charge in [0.2, 0.25) is 0 Å². The van der Waals surface area contributed by atoms with Gasteiger partial charge in [0, 0.05) is 4.83 Å². The van der Waals surface area contributed by atoms with E-state index >= 15 is 0 Å². The number of rotatable bonds is 3.